The second-order valence-electron chi connectivity index (χ2n) is 6.95. The first-order valence-corrected chi connectivity index (χ1v) is 9.09. The zero-order chi connectivity index (χ0) is 18.8. The molecule has 5 rings (SSSR count). The summed E-state index contributed by atoms with van der Waals surface area (Å²) < 4.78 is 5.24. The maximum Gasteiger partial charge on any atom is 0.233 e. The molecule has 3 fully saturated rings. The van der Waals surface area contributed by atoms with Crippen LogP contribution in [0.3, 0.4) is 0 Å². The third kappa shape index (κ3) is 3.19. The van der Waals surface area contributed by atoms with Gasteiger partial charge < -0.3 is 14.5 Å². The van der Waals surface area contributed by atoms with Crippen molar-refractivity contribution in [3.05, 3.63) is 47.9 Å². The van der Waals surface area contributed by atoms with E-state index in [0.29, 0.717) is 31.1 Å². The predicted molar refractivity (Wildman–Crippen MR) is 99.0 cm³/mol. The summed E-state index contributed by atoms with van der Waals surface area (Å²) in [5.74, 6) is 0.431. The van der Waals surface area contributed by atoms with Crippen LogP contribution in [0, 0.1) is 17.2 Å². The Morgan fingerprint density at radius 1 is 1.22 bits per heavy atom. The molecule has 7 heteroatoms. The molecule has 3 aliphatic heterocycles. The second kappa shape index (κ2) is 7.23. The number of rotatable bonds is 4. The van der Waals surface area contributed by atoms with Gasteiger partial charge in [0.2, 0.25) is 11.8 Å². The Kier molecular flexibility index (Phi) is 4.63. The van der Waals surface area contributed by atoms with Crippen molar-refractivity contribution >= 4 is 11.6 Å². The summed E-state index contributed by atoms with van der Waals surface area (Å²) >= 11 is 0. The van der Waals surface area contributed by atoms with E-state index in [1.54, 1.807) is 12.4 Å². The summed E-state index contributed by atoms with van der Waals surface area (Å²) in [7, 11) is 1.51. The number of carbonyl (C=O) groups excluding carboxylic acids is 1. The third-order valence-corrected chi connectivity index (χ3v) is 5.39. The standard InChI is InChI=1S/C20H21N5O2/c1-27-19-17(10-21)18(7-9-23-19)24-11-14-5-6-16(13-24)25(20(14)26)12-15-4-2-3-8-22-15/h2-4,7-9,14,16H,5-6,11-13H2,1H3/t14-,16+/m0/s1. The molecule has 138 valence electrons. The number of aromatic nitrogens is 2. The van der Waals surface area contributed by atoms with Crippen LogP contribution >= 0.6 is 0 Å². The molecule has 5 heterocycles. The van der Waals surface area contributed by atoms with E-state index < -0.39 is 0 Å². The summed E-state index contributed by atoms with van der Waals surface area (Å²) in [5.41, 5.74) is 2.10. The van der Waals surface area contributed by atoms with Crippen LogP contribution in [0.4, 0.5) is 5.69 Å². The molecule has 2 aromatic heterocycles. The minimum atomic E-state index is -0.0711. The Morgan fingerprint density at radius 2 is 2.11 bits per heavy atom. The zero-order valence-electron chi connectivity index (χ0n) is 15.2. The van der Waals surface area contributed by atoms with E-state index in [-0.39, 0.29) is 17.9 Å². The van der Waals surface area contributed by atoms with Crippen molar-refractivity contribution in [3.8, 4) is 11.9 Å². The minimum absolute atomic E-state index is 0.0711. The van der Waals surface area contributed by atoms with Crippen LogP contribution in [0.25, 0.3) is 0 Å². The van der Waals surface area contributed by atoms with Crippen molar-refractivity contribution in [2.75, 3.05) is 25.1 Å². The lowest BCUT2D eigenvalue weighted by Crippen LogP contribution is -2.47. The lowest BCUT2D eigenvalue weighted by Gasteiger charge is -2.35. The second-order valence-corrected chi connectivity index (χ2v) is 6.95. The fraction of sp³-hybridized carbons (Fsp3) is 0.400. The topological polar surface area (TPSA) is 82.3 Å². The largest absolute Gasteiger partial charge is 0.480 e. The van der Waals surface area contributed by atoms with Gasteiger partial charge in [0.05, 0.1) is 31.0 Å². The van der Waals surface area contributed by atoms with Crippen molar-refractivity contribution < 1.29 is 9.53 Å². The molecule has 3 saturated heterocycles. The fourth-order valence-electron chi connectivity index (χ4n) is 4.07. The number of anilines is 1. The van der Waals surface area contributed by atoms with Gasteiger partial charge in [0, 0.05) is 31.5 Å². The number of nitriles is 1. The van der Waals surface area contributed by atoms with Gasteiger partial charge in [-0.05, 0) is 31.0 Å². The van der Waals surface area contributed by atoms with Crippen molar-refractivity contribution in [2.45, 2.75) is 25.4 Å². The molecule has 1 amide bonds. The molecule has 3 aliphatic rings. The van der Waals surface area contributed by atoms with E-state index >= 15 is 0 Å². The van der Waals surface area contributed by atoms with Crippen LogP contribution in [0.1, 0.15) is 24.1 Å². The van der Waals surface area contributed by atoms with Crippen LogP contribution in [-0.4, -0.2) is 47.0 Å². The van der Waals surface area contributed by atoms with Crippen LogP contribution < -0.4 is 9.64 Å². The van der Waals surface area contributed by atoms with Gasteiger partial charge in [-0.1, -0.05) is 6.07 Å². The monoisotopic (exact) mass is 363 g/mol. The molecule has 0 N–H and O–H groups in total. The Bertz CT molecular complexity index is 880. The molecular formula is C20H21N5O2. The summed E-state index contributed by atoms with van der Waals surface area (Å²) in [6, 6.07) is 9.91. The van der Waals surface area contributed by atoms with Crippen LogP contribution in [0.15, 0.2) is 36.7 Å². The summed E-state index contributed by atoms with van der Waals surface area (Å²) in [5, 5.41) is 9.60. The van der Waals surface area contributed by atoms with Gasteiger partial charge in [0.1, 0.15) is 11.6 Å². The Labute approximate surface area is 158 Å². The van der Waals surface area contributed by atoms with E-state index in [0.717, 1.165) is 24.2 Å². The Balaban J connectivity index is 1.64. The number of methoxy groups -OCH3 is 1. The van der Waals surface area contributed by atoms with E-state index in [1.807, 2.05) is 29.2 Å². The molecule has 0 aromatic carbocycles. The molecule has 0 spiro atoms. The van der Waals surface area contributed by atoms with Crippen LogP contribution in [0.2, 0.25) is 0 Å². The molecule has 7 nitrogen and oxygen atoms in total. The van der Waals surface area contributed by atoms with E-state index in [2.05, 4.69) is 20.9 Å². The average Bonchev–Trinajstić information content (AvgIpc) is 3.00. The molecule has 0 unspecified atom stereocenters. The lowest BCUT2D eigenvalue weighted by molar-refractivity contribution is -0.140. The van der Waals surface area contributed by atoms with Gasteiger partial charge in [-0.25, -0.2) is 4.98 Å². The number of hydrogen-bond acceptors (Lipinski definition) is 6. The number of amides is 1. The van der Waals surface area contributed by atoms with E-state index in [4.69, 9.17) is 4.74 Å². The molecule has 0 aliphatic carbocycles. The van der Waals surface area contributed by atoms with Crippen LogP contribution in [0.5, 0.6) is 5.88 Å². The van der Waals surface area contributed by atoms with Crippen molar-refractivity contribution in [2.24, 2.45) is 5.92 Å². The zero-order valence-corrected chi connectivity index (χ0v) is 15.2. The highest BCUT2D eigenvalue weighted by Gasteiger charge is 2.41. The van der Waals surface area contributed by atoms with Gasteiger partial charge in [0.15, 0.2) is 0 Å². The first-order chi connectivity index (χ1) is 13.2. The number of ether oxygens (including phenoxy) is 1. The number of piperidine rings is 1. The van der Waals surface area contributed by atoms with Crippen molar-refractivity contribution in [1.82, 2.24) is 14.9 Å². The minimum Gasteiger partial charge on any atom is -0.480 e. The highest BCUT2D eigenvalue weighted by Crippen LogP contribution is 2.35. The third-order valence-electron chi connectivity index (χ3n) is 5.39. The summed E-state index contributed by atoms with van der Waals surface area (Å²) in [6.45, 7) is 1.83. The van der Waals surface area contributed by atoms with Gasteiger partial charge in [-0.15, -0.1) is 0 Å². The molecule has 27 heavy (non-hydrogen) atoms. The quantitative estimate of drug-likeness (QED) is 0.826. The smallest absolute Gasteiger partial charge is 0.233 e. The molecule has 0 saturated carbocycles. The van der Waals surface area contributed by atoms with Crippen molar-refractivity contribution in [1.29, 1.82) is 5.26 Å². The first kappa shape index (κ1) is 17.3. The highest BCUT2D eigenvalue weighted by atomic mass is 16.5. The fourth-order valence-corrected chi connectivity index (χ4v) is 4.07. The number of carbonyl (C=O) groups is 1. The van der Waals surface area contributed by atoms with Gasteiger partial charge in [-0.2, -0.15) is 5.26 Å². The van der Waals surface area contributed by atoms with E-state index in [1.165, 1.54) is 7.11 Å². The van der Waals surface area contributed by atoms with Gasteiger partial charge in [-0.3, -0.25) is 9.78 Å². The summed E-state index contributed by atoms with van der Waals surface area (Å²) in [4.78, 5) is 25.6. The Morgan fingerprint density at radius 3 is 2.85 bits per heavy atom. The van der Waals surface area contributed by atoms with Gasteiger partial charge in [0.25, 0.3) is 0 Å². The average molecular weight is 363 g/mol. The first-order valence-electron chi connectivity index (χ1n) is 9.09. The predicted octanol–water partition coefficient (Wildman–Crippen LogP) is 1.98. The highest BCUT2D eigenvalue weighted by molar-refractivity contribution is 5.82. The normalized spacial score (nSPS) is 21.7. The SMILES string of the molecule is COc1nccc(N2C[C@@H]3CC[C@H](C2)N(Cc2ccccn2)C3=O)c1C#N. The maximum absolute atomic E-state index is 13.0. The molecule has 2 aromatic rings. The number of pyridine rings is 2. The summed E-state index contributed by atoms with van der Waals surface area (Å²) in [6.07, 6.45) is 5.24. The van der Waals surface area contributed by atoms with E-state index in [9.17, 15) is 10.1 Å². The Hall–Kier alpha value is -3.14. The lowest BCUT2D eigenvalue weighted by atomic mass is 9.94. The number of fused-ring (bicyclic) bond motifs is 4. The number of hydrogen-bond donors (Lipinski definition) is 0. The van der Waals surface area contributed by atoms with Gasteiger partial charge >= 0.3 is 0 Å². The molecular weight excluding hydrogens is 342 g/mol. The van der Waals surface area contributed by atoms with Crippen LogP contribution in [-0.2, 0) is 11.3 Å². The molecule has 2 atom stereocenters. The van der Waals surface area contributed by atoms with Crippen molar-refractivity contribution in [3.63, 3.8) is 0 Å². The molecule has 0 radical (unpaired) electrons. The molecule has 2 bridgehead atoms. The number of nitrogens with zero attached hydrogens (tertiary/aromatic N) is 5. The maximum atomic E-state index is 13.0.